The Morgan fingerprint density at radius 2 is 2.15 bits per heavy atom. The molecule has 1 aromatic carbocycles. The molecule has 1 N–H and O–H groups in total. The first-order valence-electron chi connectivity index (χ1n) is 8.95. The molecule has 0 aromatic heterocycles. The molecule has 0 amide bonds. The lowest BCUT2D eigenvalue weighted by Crippen LogP contribution is -2.48. The molecule has 1 atom stereocenters. The van der Waals surface area contributed by atoms with Crippen LogP contribution in [0.15, 0.2) is 23.4 Å². The van der Waals surface area contributed by atoms with Crippen LogP contribution in [0.1, 0.15) is 38.8 Å². The number of nitrogens with one attached hydrogen (secondary N) is 1. The molecular weight excluding hydrogens is 368 g/mol. The van der Waals surface area contributed by atoms with Gasteiger partial charge in [-0.1, -0.05) is 6.92 Å². The first-order chi connectivity index (χ1) is 13.0. The number of carbonyl (C=O) groups excluding carboxylic acids is 1. The van der Waals surface area contributed by atoms with Crippen LogP contribution in [0.4, 0.5) is 0 Å². The summed E-state index contributed by atoms with van der Waals surface area (Å²) in [6, 6.07) is 3.20. The average molecular weight is 392 g/mol. The molecule has 0 bridgehead atoms. The molecule has 0 aliphatic carbocycles. The number of allylic oxidation sites excluding steroid dienone is 1. The molecule has 1 aromatic rings. The van der Waals surface area contributed by atoms with E-state index in [1.165, 1.54) is 0 Å². The minimum atomic E-state index is -0.465. The van der Waals surface area contributed by atoms with Crippen molar-refractivity contribution in [2.45, 2.75) is 33.2 Å². The second kappa shape index (κ2) is 8.04. The Kier molecular flexibility index (Phi) is 5.74. The van der Waals surface area contributed by atoms with E-state index < -0.39 is 6.04 Å². The third-order valence-corrected chi connectivity index (χ3v) is 4.89. The summed E-state index contributed by atoms with van der Waals surface area (Å²) < 4.78 is 21.7. The Morgan fingerprint density at radius 1 is 1.37 bits per heavy atom. The fraction of sp³-hybridized carbons (Fsp3) is 0.474. The van der Waals surface area contributed by atoms with Crippen molar-refractivity contribution < 1.29 is 23.7 Å². The summed E-state index contributed by atoms with van der Waals surface area (Å²) in [5.74, 6) is 1.32. The lowest BCUT2D eigenvalue weighted by atomic mass is 9.94. The maximum Gasteiger partial charge on any atom is 0.338 e. The largest absolute Gasteiger partial charge is 0.493 e. The number of rotatable bonds is 6. The van der Waals surface area contributed by atoms with Crippen LogP contribution in [0.25, 0.3) is 0 Å². The fourth-order valence-electron chi connectivity index (χ4n) is 3.31. The zero-order valence-corrected chi connectivity index (χ0v) is 16.8. The summed E-state index contributed by atoms with van der Waals surface area (Å²) in [5.41, 5.74) is 2.11. The van der Waals surface area contributed by atoms with E-state index in [0.29, 0.717) is 34.5 Å². The molecule has 3 rings (SSSR count). The van der Waals surface area contributed by atoms with Gasteiger partial charge >= 0.3 is 5.97 Å². The van der Waals surface area contributed by atoms with Gasteiger partial charge in [-0.3, -0.25) is 0 Å². The standard InChI is InChI=1S/C19H24N2O5S/c1-5-7-21-11(3)15(18(22)24-6-2)16(20-19(21)27)12-8-13(23-4)17-14(9-12)25-10-26-17/h8-9,16H,5-7,10H2,1-4H3,(H,20,27)/t16-/m0/s1. The van der Waals surface area contributed by atoms with Crippen LogP contribution in [-0.2, 0) is 9.53 Å². The Hall–Kier alpha value is -2.48. The van der Waals surface area contributed by atoms with Crippen LogP contribution in [-0.4, -0.2) is 43.0 Å². The molecule has 7 nitrogen and oxygen atoms in total. The predicted octanol–water partition coefficient (Wildman–Crippen LogP) is 2.90. The second-order valence-corrected chi connectivity index (χ2v) is 6.60. The van der Waals surface area contributed by atoms with Gasteiger partial charge in [0, 0.05) is 12.2 Å². The van der Waals surface area contributed by atoms with Crippen LogP contribution < -0.4 is 19.5 Å². The quantitative estimate of drug-likeness (QED) is 0.585. The van der Waals surface area contributed by atoms with Crippen molar-refractivity contribution >= 4 is 23.3 Å². The number of hydrogen-bond acceptors (Lipinski definition) is 6. The van der Waals surface area contributed by atoms with Crippen molar-refractivity contribution in [3.8, 4) is 17.2 Å². The summed E-state index contributed by atoms with van der Waals surface area (Å²) in [6.45, 7) is 6.90. The summed E-state index contributed by atoms with van der Waals surface area (Å²) in [7, 11) is 1.57. The van der Waals surface area contributed by atoms with E-state index in [0.717, 1.165) is 24.2 Å². The van der Waals surface area contributed by atoms with Gasteiger partial charge in [0.1, 0.15) is 0 Å². The number of hydrogen-bond donors (Lipinski definition) is 1. The van der Waals surface area contributed by atoms with E-state index in [4.69, 9.17) is 31.2 Å². The predicted molar refractivity (Wildman–Crippen MR) is 104 cm³/mol. The molecule has 146 valence electrons. The van der Waals surface area contributed by atoms with E-state index in [1.807, 2.05) is 24.0 Å². The zero-order valence-electron chi connectivity index (χ0n) is 16.0. The third kappa shape index (κ3) is 3.53. The van der Waals surface area contributed by atoms with Gasteiger partial charge in [-0.25, -0.2) is 4.79 Å². The van der Waals surface area contributed by atoms with Gasteiger partial charge in [0.05, 0.1) is 25.3 Å². The smallest absolute Gasteiger partial charge is 0.338 e. The Balaban J connectivity index is 2.10. The zero-order chi connectivity index (χ0) is 19.6. The highest BCUT2D eigenvalue weighted by molar-refractivity contribution is 7.80. The van der Waals surface area contributed by atoms with Gasteiger partial charge in [-0.05, 0) is 50.2 Å². The van der Waals surface area contributed by atoms with Gasteiger partial charge in [0.15, 0.2) is 16.6 Å². The summed E-state index contributed by atoms with van der Waals surface area (Å²) >= 11 is 5.55. The molecule has 2 aliphatic rings. The number of benzene rings is 1. The maximum atomic E-state index is 12.8. The molecule has 2 heterocycles. The van der Waals surface area contributed by atoms with Crippen molar-refractivity contribution in [2.24, 2.45) is 0 Å². The molecule has 0 saturated carbocycles. The van der Waals surface area contributed by atoms with Gasteiger partial charge in [-0.2, -0.15) is 0 Å². The first-order valence-corrected chi connectivity index (χ1v) is 9.36. The number of ether oxygens (including phenoxy) is 4. The molecule has 0 unspecified atom stereocenters. The van der Waals surface area contributed by atoms with Crippen molar-refractivity contribution in [2.75, 3.05) is 27.1 Å². The van der Waals surface area contributed by atoms with Crippen molar-refractivity contribution in [3.63, 3.8) is 0 Å². The van der Waals surface area contributed by atoms with Crippen LogP contribution in [0.2, 0.25) is 0 Å². The molecule has 27 heavy (non-hydrogen) atoms. The van der Waals surface area contributed by atoms with E-state index >= 15 is 0 Å². The summed E-state index contributed by atoms with van der Waals surface area (Å²) in [5, 5.41) is 3.85. The van der Waals surface area contributed by atoms with Crippen LogP contribution in [0.3, 0.4) is 0 Å². The summed E-state index contributed by atoms with van der Waals surface area (Å²) in [4.78, 5) is 14.7. The molecule has 8 heteroatoms. The molecule has 0 spiro atoms. The Morgan fingerprint density at radius 3 is 2.81 bits per heavy atom. The van der Waals surface area contributed by atoms with Gasteiger partial charge in [0.2, 0.25) is 12.5 Å². The SMILES string of the molecule is CCCN1C(=S)N[C@@H](c2cc(OC)c3c(c2)OCO3)C(C(=O)OCC)=C1C. The van der Waals surface area contributed by atoms with E-state index in [-0.39, 0.29) is 12.8 Å². The molecule has 2 aliphatic heterocycles. The van der Waals surface area contributed by atoms with Gasteiger partial charge in [-0.15, -0.1) is 0 Å². The first kappa shape index (κ1) is 19.3. The van der Waals surface area contributed by atoms with Crippen LogP contribution >= 0.6 is 12.2 Å². The topological polar surface area (TPSA) is 69.3 Å². The van der Waals surface area contributed by atoms with Gasteiger partial charge in [0.25, 0.3) is 0 Å². The molecular formula is C19H24N2O5S. The fourth-order valence-corrected chi connectivity index (χ4v) is 3.66. The van der Waals surface area contributed by atoms with Crippen molar-refractivity contribution in [1.82, 2.24) is 10.2 Å². The maximum absolute atomic E-state index is 12.8. The Labute approximate surface area is 164 Å². The second-order valence-electron chi connectivity index (χ2n) is 6.21. The highest BCUT2D eigenvalue weighted by Gasteiger charge is 2.36. The highest BCUT2D eigenvalue weighted by Crippen LogP contribution is 2.44. The van der Waals surface area contributed by atoms with Crippen LogP contribution in [0, 0.1) is 0 Å². The van der Waals surface area contributed by atoms with Crippen molar-refractivity contribution in [3.05, 3.63) is 29.0 Å². The number of thiocarbonyl (C=S) groups is 1. The number of nitrogens with zero attached hydrogens (tertiary/aromatic N) is 1. The van der Waals surface area contributed by atoms with E-state index in [2.05, 4.69) is 12.2 Å². The van der Waals surface area contributed by atoms with E-state index in [9.17, 15) is 4.79 Å². The molecule has 0 saturated heterocycles. The van der Waals surface area contributed by atoms with E-state index in [1.54, 1.807) is 14.0 Å². The summed E-state index contributed by atoms with van der Waals surface area (Å²) in [6.07, 6.45) is 0.901. The highest BCUT2D eigenvalue weighted by atomic mass is 32.1. The minimum absolute atomic E-state index is 0.134. The third-order valence-electron chi connectivity index (χ3n) is 4.55. The number of carbonyl (C=O) groups is 1. The molecule has 0 fully saturated rings. The number of methoxy groups -OCH3 is 1. The molecule has 0 radical (unpaired) electrons. The number of fused-ring (bicyclic) bond motifs is 1. The van der Waals surface area contributed by atoms with Crippen LogP contribution in [0.5, 0.6) is 17.2 Å². The normalized spacial score (nSPS) is 18.4. The average Bonchev–Trinajstić information content (AvgIpc) is 3.12. The van der Waals surface area contributed by atoms with Crippen molar-refractivity contribution in [1.29, 1.82) is 0 Å². The number of esters is 1. The lowest BCUT2D eigenvalue weighted by Gasteiger charge is -2.37. The van der Waals surface area contributed by atoms with Gasteiger partial charge < -0.3 is 29.2 Å². The monoisotopic (exact) mass is 392 g/mol. The lowest BCUT2D eigenvalue weighted by molar-refractivity contribution is -0.139. The Bertz CT molecular complexity index is 793. The minimum Gasteiger partial charge on any atom is -0.493 e.